The maximum atomic E-state index is 12.6. The number of aliphatic hydroxyl groups is 3. The van der Waals surface area contributed by atoms with Crippen LogP contribution in [0.5, 0.6) is 0 Å². The fourth-order valence-corrected chi connectivity index (χ4v) is 9.36. The van der Waals surface area contributed by atoms with Crippen LogP contribution >= 0.6 is 23.5 Å². The second-order valence-electron chi connectivity index (χ2n) is 11.6. The summed E-state index contributed by atoms with van der Waals surface area (Å²) in [6, 6.07) is 1.32. The molecule has 0 aliphatic carbocycles. The summed E-state index contributed by atoms with van der Waals surface area (Å²) < 4.78 is 72.9. The SMILES string of the molecule is COC1C(O)[C@H](N2[C+]=C(C)c3c2nc(N)[nH]c3=O)O[C@@H]1COP(=O)(O)OP(=O)(O)OP(=O)(O)OC[C@H]1O[C@@H](n2ccc3c(=O)[nH]c(N)nc32)[C@@H](O)C1O. The number of fused-ring (bicyclic) bond motifs is 2. The van der Waals surface area contributed by atoms with Crippen LogP contribution in [0.1, 0.15) is 18.7 Å². The second-order valence-corrected chi connectivity index (χ2v) is 16.3. The van der Waals surface area contributed by atoms with Crippen LogP contribution in [0.15, 0.2) is 21.9 Å². The maximum Gasteiger partial charge on any atom is 0.490 e. The van der Waals surface area contributed by atoms with Crippen LogP contribution in [0.4, 0.5) is 17.7 Å². The highest BCUT2D eigenvalue weighted by atomic mass is 31.3. The van der Waals surface area contributed by atoms with E-state index in [1.54, 1.807) is 0 Å². The first-order valence-corrected chi connectivity index (χ1v) is 19.4. The third-order valence-corrected chi connectivity index (χ3v) is 12.3. The molecule has 6 rings (SSSR count). The molecule has 29 heteroatoms. The largest absolute Gasteiger partial charge is 0.490 e. The third kappa shape index (κ3) is 7.87. The number of rotatable bonds is 13. The number of nitrogens with one attached hydrogen (secondary N) is 2. The highest BCUT2D eigenvalue weighted by Gasteiger charge is 2.54. The number of allylic oxidation sites excluding steroid dienone is 1. The molecule has 6 unspecified atom stereocenters. The summed E-state index contributed by atoms with van der Waals surface area (Å²) >= 11 is 0. The van der Waals surface area contributed by atoms with Gasteiger partial charge in [0, 0.05) is 13.3 Å². The number of nitrogens with two attached hydrogens (primary N) is 2. The standard InChI is InChI=1S/C24H31N8O18P3/c1-8-5-32(18-12(8)20(37)30-24(26)28-18)22-15(35)16(44-2)11(48-22)7-46-52(40,41)50-53(42,43)49-51(38,39)45-6-10-13(33)14(34)21(47-10)31-4-3-9-17(31)27-23(25)29-19(9)36/h3-4,10-11,13-16,21-22,33-35H,6-7H2,1-2H3,(H8-,25,26,27,28,29,30,36,37,38,39,40,41,42,43)/p+1/t10-,11-,13?,14+,15?,16?,21-,22-/m1/s1. The number of ether oxygens (including phenoxy) is 3. The van der Waals surface area contributed by atoms with Crippen LogP contribution in [0.25, 0.3) is 16.6 Å². The molecule has 0 radical (unpaired) electrons. The number of phosphoric acid groups is 3. The van der Waals surface area contributed by atoms with Crippen molar-refractivity contribution >= 4 is 57.8 Å². The number of hydrogen-bond donors (Lipinski definition) is 10. The van der Waals surface area contributed by atoms with Crippen LogP contribution in [0, 0.1) is 6.20 Å². The van der Waals surface area contributed by atoms with Crippen LogP contribution < -0.4 is 27.5 Å². The van der Waals surface area contributed by atoms with E-state index in [1.807, 2.05) is 0 Å². The van der Waals surface area contributed by atoms with E-state index in [0.717, 1.165) is 16.6 Å². The Balaban J connectivity index is 1.05. The lowest BCUT2D eigenvalue weighted by molar-refractivity contribution is -0.0501. The van der Waals surface area contributed by atoms with Crippen molar-refractivity contribution in [1.29, 1.82) is 0 Å². The van der Waals surface area contributed by atoms with Gasteiger partial charge >= 0.3 is 34.8 Å². The second kappa shape index (κ2) is 14.3. The van der Waals surface area contributed by atoms with Gasteiger partial charge in [0.1, 0.15) is 42.8 Å². The van der Waals surface area contributed by atoms with Gasteiger partial charge in [-0.25, -0.2) is 13.7 Å². The van der Waals surface area contributed by atoms with Gasteiger partial charge < -0.3 is 60.2 Å². The summed E-state index contributed by atoms with van der Waals surface area (Å²) in [5.41, 5.74) is 10.4. The minimum atomic E-state index is -5.97. The zero-order valence-electron chi connectivity index (χ0n) is 27.1. The van der Waals surface area contributed by atoms with Crippen molar-refractivity contribution in [3.05, 3.63) is 44.7 Å². The Bertz CT molecular complexity index is 2200. The smallest absolute Gasteiger partial charge is 0.387 e. The molecule has 11 atom stereocenters. The predicted molar refractivity (Wildman–Crippen MR) is 174 cm³/mol. The van der Waals surface area contributed by atoms with Crippen molar-refractivity contribution in [3.8, 4) is 0 Å². The minimum absolute atomic E-state index is 0.0189. The van der Waals surface area contributed by atoms with Gasteiger partial charge in [-0.1, -0.05) is 0 Å². The van der Waals surface area contributed by atoms with Crippen LogP contribution in [0.2, 0.25) is 0 Å². The van der Waals surface area contributed by atoms with E-state index in [0.29, 0.717) is 5.57 Å². The van der Waals surface area contributed by atoms with Gasteiger partial charge in [-0.3, -0.25) is 28.6 Å². The van der Waals surface area contributed by atoms with Crippen molar-refractivity contribution in [2.45, 2.75) is 56.0 Å². The van der Waals surface area contributed by atoms with E-state index in [-0.39, 0.29) is 34.3 Å². The molecule has 3 aliphatic rings. The van der Waals surface area contributed by atoms with Crippen LogP contribution in [-0.2, 0) is 45.6 Å². The summed E-state index contributed by atoms with van der Waals surface area (Å²) in [5, 5.41) is 32.0. The highest BCUT2D eigenvalue weighted by Crippen LogP contribution is 2.68. The Morgan fingerprint density at radius 1 is 0.868 bits per heavy atom. The molecule has 0 amide bonds. The fraction of sp³-hybridized carbons (Fsp3) is 0.500. The number of methoxy groups -OCH3 is 1. The Hall–Kier alpha value is -3.48. The normalized spacial score (nSPS) is 30.4. The minimum Gasteiger partial charge on any atom is -0.387 e. The number of hydrogen-bond acceptors (Lipinski definition) is 20. The maximum absolute atomic E-state index is 12.6. The average Bonchev–Trinajstić information content (AvgIpc) is 3.76. The molecule has 0 spiro atoms. The molecule has 0 saturated carbocycles. The van der Waals surface area contributed by atoms with Gasteiger partial charge in [0.25, 0.3) is 5.56 Å². The summed E-state index contributed by atoms with van der Waals surface area (Å²) in [6.07, 6.45) is -7.94. The fourth-order valence-electron chi connectivity index (χ4n) is 5.84. The zero-order valence-corrected chi connectivity index (χ0v) is 29.7. The quantitative estimate of drug-likeness (QED) is 0.0643. The van der Waals surface area contributed by atoms with Crippen molar-refractivity contribution in [1.82, 2.24) is 24.5 Å². The number of aromatic amines is 2. The Labute approximate surface area is 295 Å². The van der Waals surface area contributed by atoms with Gasteiger partial charge in [0.2, 0.25) is 17.5 Å². The predicted octanol–water partition coefficient (Wildman–Crippen LogP) is -2.26. The first-order chi connectivity index (χ1) is 24.7. The van der Waals surface area contributed by atoms with Crippen LogP contribution in [-0.4, -0.2) is 118 Å². The summed E-state index contributed by atoms with van der Waals surface area (Å²) in [7, 11) is -16.1. The molecule has 2 fully saturated rings. The number of aromatic nitrogens is 5. The molecule has 53 heavy (non-hydrogen) atoms. The lowest BCUT2D eigenvalue weighted by Gasteiger charge is -2.22. The molecular weight excluding hydrogens is 781 g/mol. The average molecular weight is 813 g/mol. The number of anilines is 3. The molecule has 6 heterocycles. The van der Waals surface area contributed by atoms with Crippen molar-refractivity contribution < 1.29 is 75.6 Å². The monoisotopic (exact) mass is 813 g/mol. The summed E-state index contributed by atoms with van der Waals surface area (Å²) in [5.74, 6) is -0.533. The molecule has 12 N–H and O–H groups in total. The first kappa shape index (κ1) is 39.2. The van der Waals surface area contributed by atoms with E-state index < -0.39 is 96.9 Å². The Morgan fingerprint density at radius 2 is 1.45 bits per heavy atom. The lowest BCUT2D eigenvalue weighted by Crippen LogP contribution is -2.42. The van der Waals surface area contributed by atoms with Gasteiger partial charge in [-0.2, -0.15) is 13.6 Å². The van der Waals surface area contributed by atoms with E-state index in [9.17, 15) is 53.3 Å². The first-order valence-electron chi connectivity index (χ1n) is 14.9. The molecule has 3 aromatic heterocycles. The molecule has 26 nitrogen and oxygen atoms in total. The highest BCUT2D eigenvalue weighted by molar-refractivity contribution is 7.66. The van der Waals surface area contributed by atoms with Gasteiger partial charge in [-0.15, -0.1) is 9.88 Å². The van der Waals surface area contributed by atoms with Crippen molar-refractivity contribution in [2.24, 2.45) is 0 Å². The Morgan fingerprint density at radius 3 is 2.09 bits per heavy atom. The Kier molecular flexibility index (Phi) is 10.6. The van der Waals surface area contributed by atoms with Crippen LogP contribution in [0.3, 0.4) is 0 Å². The molecular formula is C24H32N8O18P3+. The number of nitrogen functional groups attached to an aromatic ring is 2. The molecule has 3 aromatic rings. The van der Waals surface area contributed by atoms with Crippen molar-refractivity contribution in [3.63, 3.8) is 0 Å². The topological polar surface area (TPSA) is 389 Å². The van der Waals surface area contributed by atoms with E-state index in [1.165, 1.54) is 19.2 Å². The number of phosphoric ester groups is 2. The van der Waals surface area contributed by atoms with E-state index in [4.69, 9.17) is 30.2 Å². The summed E-state index contributed by atoms with van der Waals surface area (Å²) in [4.78, 5) is 68.6. The third-order valence-electron chi connectivity index (χ3n) is 8.07. The zero-order chi connectivity index (χ0) is 38.8. The summed E-state index contributed by atoms with van der Waals surface area (Å²) in [6.45, 7) is -0.476. The molecule has 290 valence electrons. The lowest BCUT2D eigenvalue weighted by atomic mass is 10.1. The molecule has 3 aliphatic heterocycles. The van der Waals surface area contributed by atoms with E-state index in [2.05, 4.69) is 39.3 Å². The van der Waals surface area contributed by atoms with Crippen molar-refractivity contribution in [2.75, 3.05) is 36.7 Å². The number of aliphatic hydroxyl groups excluding tert-OH is 3. The molecule has 2 saturated heterocycles. The molecule has 0 bridgehead atoms. The van der Waals surface area contributed by atoms with E-state index >= 15 is 0 Å². The number of nitrogens with zero attached hydrogens (tertiary/aromatic N) is 4. The van der Waals surface area contributed by atoms with Gasteiger partial charge in [0.15, 0.2) is 23.7 Å². The number of H-pyrrole nitrogens is 2. The molecule has 0 aromatic carbocycles. The van der Waals surface area contributed by atoms with Gasteiger partial charge in [0.05, 0.1) is 18.6 Å². The van der Waals surface area contributed by atoms with Gasteiger partial charge in [-0.05, 0) is 13.0 Å².